The molecule has 0 N–H and O–H groups in total. The largest absolute Gasteiger partial charge is 0.299 e. The van der Waals surface area contributed by atoms with Crippen LogP contribution in [0.4, 0.5) is 0 Å². The number of hydrogen-bond acceptors (Lipinski definition) is 1. The van der Waals surface area contributed by atoms with Crippen LogP contribution < -0.4 is 0 Å². The molecule has 2 heteroatoms. The molecule has 96 valence electrons. The average Bonchev–Trinajstić information content (AvgIpc) is 2.21. The van der Waals surface area contributed by atoms with Crippen LogP contribution in [0, 0.1) is 11.5 Å². The average molecular weight is 250 g/mol. The maximum Gasteiger partial charge on any atom is 0.136 e. The number of hydrogen-bond donors (Lipinski definition) is 0. The van der Waals surface area contributed by atoms with Crippen molar-refractivity contribution < 1.29 is 4.79 Å². The molecule has 0 radical (unpaired) electrons. The topological polar surface area (TPSA) is 17.1 Å². The fourth-order valence-electron chi connectivity index (χ4n) is 1.48. The molecule has 0 rings (SSSR count). The predicted molar refractivity (Wildman–Crippen MR) is 78.6 cm³/mol. The summed E-state index contributed by atoms with van der Waals surface area (Å²) in [6.07, 6.45) is 8.49. The van der Waals surface area contributed by atoms with E-state index in [1.807, 2.05) is 0 Å². The molecule has 0 amide bonds. The van der Waals surface area contributed by atoms with Crippen molar-refractivity contribution in [3.05, 3.63) is 12.7 Å². The summed E-state index contributed by atoms with van der Waals surface area (Å²) in [4.78, 5) is 11.2. The Morgan fingerprint density at radius 3 is 2.41 bits per heavy atom. The third-order valence-corrected chi connectivity index (χ3v) is 3.27. The van der Waals surface area contributed by atoms with Crippen molar-refractivity contribution in [1.82, 2.24) is 0 Å². The Morgan fingerprint density at radius 1 is 1.18 bits per heavy atom. The van der Waals surface area contributed by atoms with Crippen LogP contribution in [0.5, 0.6) is 0 Å². The van der Waals surface area contributed by atoms with Crippen LogP contribution in [0.1, 0.15) is 44.9 Å². The van der Waals surface area contributed by atoms with Crippen molar-refractivity contribution in [1.29, 1.82) is 0 Å². The van der Waals surface area contributed by atoms with Crippen LogP contribution in [0.3, 0.4) is 0 Å². The Hall–Kier alpha value is -0.813. The van der Waals surface area contributed by atoms with Crippen molar-refractivity contribution in [2.45, 2.75) is 64.6 Å². The molecule has 0 bridgehead atoms. The van der Waals surface area contributed by atoms with Gasteiger partial charge in [-0.2, -0.15) is 0 Å². The van der Waals surface area contributed by atoms with E-state index < -0.39 is 8.07 Å². The van der Waals surface area contributed by atoms with Gasteiger partial charge < -0.3 is 0 Å². The summed E-state index contributed by atoms with van der Waals surface area (Å²) in [6, 6.07) is 0. The molecule has 0 aromatic rings. The standard InChI is InChI=1S/C15H26OSi/c1-5-12-15(16)13-10-8-6-7-9-11-14-17(2,3)4/h5H,1,6-10,12-13H2,2-4H3. The number of Topliss-reactive ketones (excluding diaryl/α,β-unsaturated/α-hetero) is 1. The second kappa shape index (κ2) is 9.24. The van der Waals surface area contributed by atoms with Crippen molar-refractivity contribution >= 4 is 13.9 Å². The number of allylic oxidation sites excluding steroid dienone is 1. The van der Waals surface area contributed by atoms with Gasteiger partial charge in [-0.1, -0.05) is 38.6 Å². The minimum Gasteiger partial charge on any atom is -0.299 e. The van der Waals surface area contributed by atoms with Crippen molar-refractivity contribution in [2.75, 3.05) is 0 Å². The van der Waals surface area contributed by atoms with Crippen LogP contribution in [0.2, 0.25) is 19.6 Å². The first-order valence-electron chi connectivity index (χ1n) is 6.58. The molecule has 0 unspecified atom stereocenters. The van der Waals surface area contributed by atoms with Crippen LogP contribution in [0.15, 0.2) is 12.7 Å². The van der Waals surface area contributed by atoms with Gasteiger partial charge in [-0.25, -0.2) is 0 Å². The third kappa shape index (κ3) is 13.1. The molecule has 0 spiro atoms. The maximum absolute atomic E-state index is 11.2. The first-order chi connectivity index (χ1) is 7.95. The van der Waals surface area contributed by atoms with Gasteiger partial charge in [-0.15, -0.1) is 18.0 Å². The van der Waals surface area contributed by atoms with E-state index in [1.165, 1.54) is 12.8 Å². The SMILES string of the molecule is C=CCC(=O)CCCCCCC#C[Si](C)(C)C. The molecule has 0 fully saturated rings. The van der Waals surface area contributed by atoms with Crippen LogP contribution in [-0.4, -0.2) is 13.9 Å². The Balaban J connectivity index is 3.38. The molecule has 17 heavy (non-hydrogen) atoms. The number of unbranched alkanes of at least 4 members (excludes halogenated alkanes) is 4. The first-order valence-corrected chi connectivity index (χ1v) is 10.1. The zero-order chi connectivity index (χ0) is 13.1. The second-order valence-electron chi connectivity index (χ2n) is 5.50. The predicted octanol–water partition coefficient (Wildman–Crippen LogP) is 4.35. The zero-order valence-electron chi connectivity index (χ0n) is 11.6. The lowest BCUT2D eigenvalue weighted by atomic mass is 10.1. The lowest BCUT2D eigenvalue weighted by molar-refractivity contribution is -0.118. The van der Waals surface area contributed by atoms with Crippen molar-refractivity contribution in [3.63, 3.8) is 0 Å². The highest BCUT2D eigenvalue weighted by Gasteiger charge is 2.06. The fourth-order valence-corrected chi connectivity index (χ4v) is 2.14. The van der Waals surface area contributed by atoms with E-state index in [0.717, 1.165) is 19.3 Å². The summed E-state index contributed by atoms with van der Waals surface area (Å²) in [5, 5.41) is 0. The molecule has 0 aromatic carbocycles. The lowest BCUT2D eigenvalue weighted by Gasteiger charge is -2.03. The van der Waals surface area contributed by atoms with Crippen LogP contribution in [0.25, 0.3) is 0 Å². The Kier molecular flexibility index (Phi) is 8.80. The number of rotatable bonds is 8. The Morgan fingerprint density at radius 2 is 1.82 bits per heavy atom. The molecule has 0 heterocycles. The Labute approximate surface area is 108 Å². The van der Waals surface area contributed by atoms with Gasteiger partial charge in [0, 0.05) is 19.3 Å². The van der Waals surface area contributed by atoms with E-state index in [-0.39, 0.29) is 0 Å². The molecular weight excluding hydrogens is 224 g/mol. The van der Waals surface area contributed by atoms with E-state index >= 15 is 0 Å². The van der Waals surface area contributed by atoms with Gasteiger partial charge >= 0.3 is 0 Å². The summed E-state index contributed by atoms with van der Waals surface area (Å²) < 4.78 is 0. The van der Waals surface area contributed by atoms with Crippen LogP contribution >= 0.6 is 0 Å². The highest BCUT2D eigenvalue weighted by Crippen LogP contribution is 2.07. The minimum absolute atomic E-state index is 0.318. The number of ketones is 1. The van der Waals surface area contributed by atoms with Gasteiger partial charge in [0.25, 0.3) is 0 Å². The van der Waals surface area contributed by atoms with Gasteiger partial charge in [0.15, 0.2) is 0 Å². The molecule has 0 atom stereocenters. The quantitative estimate of drug-likeness (QED) is 0.271. The van der Waals surface area contributed by atoms with E-state index in [1.54, 1.807) is 6.08 Å². The van der Waals surface area contributed by atoms with Gasteiger partial charge in [0.2, 0.25) is 0 Å². The molecule has 0 saturated carbocycles. The second-order valence-corrected chi connectivity index (χ2v) is 10.2. The van der Waals surface area contributed by atoms with E-state index in [9.17, 15) is 4.79 Å². The van der Waals surface area contributed by atoms with Crippen LogP contribution in [-0.2, 0) is 4.79 Å². The molecular formula is C15H26OSi. The van der Waals surface area contributed by atoms with Gasteiger partial charge in [-0.05, 0) is 12.8 Å². The smallest absolute Gasteiger partial charge is 0.136 e. The minimum atomic E-state index is -1.17. The number of carbonyl (C=O) groups excluding carboxylic acids is 1. The number of carbonyl (C=O) groups is 1. The molecule has 0 aliphatic carbocycles. The summed E-state index contributed by atoms with van der Waals surface area (Å²) in [6.45, 7) is 10.4. The normalized spacial score (nSPS) is 10.5. The maximum atomic E-state index is 11.2. The molecule has 0 saturated heterocycles. The molecule has 1 nitrogen and oxygen atoms in total. The molecule has 0 aliphatic rings. The highest BCUT2D eigenvalue weighted by molar-refractivity contribution is 6.83. The van der Waals surface area contributed by atoms with Crippen molar-refractivity contribution in [3.8, 4) is 11.5 Å². The summed E-state index contributed by atoms with van der Waals surface area (Å²) >= 11 is 0. The third-order valence-electron chi connectivity index (χ3n) is 2.34. The molecule has 0 aliphatic heterocycles. The highest BCUT2D eigenvalue weighted by atomic mass is 28.3. The summed E-state index contributed by atoms with van der Waals surface area (Å²) in [5.41, 5.74) is 3.37. The monoisotopic (exact) mass is 250 g/mol. The van der Waals surface area contributed by atoms with E-state index in [4.69, 9.17) is 0 Å². The van der Waals surface area contributed by atoms with Gasteiger partial charge in [-0.3, -0.25) is 4.79 Å². The summed E-state index contributed by atoms with van der Waals surface area (Å²) in [7, 11) is -1.17. The Bertz CT molecular complexity index is 288. The van der Waals surface area contributed by atoms with Gasteiger partial charge in [0.1, 0.15) is 13.9 Å². The van der Waals surface area contributed by atoms with E-state index in [0.29, 0.717) is 18.6 Å². The summed E-state index contributed by atoms with van der Waals surface area (Å²) in [5.74, 6) is 3.59. The van der Waals surface area contributed by atoms with E-state index in [2.05, 4.69) is 37.7 Å². The van der Waals surface area contributed by atoms with Crippen molar-refractivity contribution in [2.24, 2.45) is 0 Å². The lowest BCUT2D eigenvalue weighted by Crippen LogP contribution is -2.16. The molecule has 0 aromatic heterocycles. The zero-order valence-corrected chi connectivity index (χ0v) is 12.6. The fraction of sp³-hybridized carbons (Fsp3) is 0.667. The van der Waals surface area contributed by atoms with Gasteiger partial charge in [0.05, 0.1) is 0 Å². The first kappa shape index (κ1) is 16.2.